The highest BCUT2D eigenvalue weighted by Gasteiger charge is 2.43. The van der Waals surface area contributed by atoms with E-state index in [1.807, 2.05) is 0 Å². The van der Waals surface area contributed by atoms with Crippen molar-refractivity contribution in [1.29, 1.82) is 0 Å². The average Bonchev–Trinajstić information content (AvgIpc) is 2.61. The molecule has 1 aliphatic heterocycles. The first-order chi connectivity index (χ1) is 12.3. The molecule has 2 heterocycles. The zero-order chi connectivity index (χ0) is 18.9. The van der Waals surface area contributed by atoms with Crippen LogP contribution in [0.25, 0.3) is 11.3 Å². The first-order valence-electron chi connectivity index (χ1n) is 7.66. The number of aromatic nitrogens is 2. The summed E-state index contributed by atoms with van der Waals surface area (Å²) < 4.78 is 37.4. The molecule has 0 spiro atoms. The van der Waals surface area contributed by atoms with Gasteiger partial charge in [0, 0.05) is 36.8 Å². The second-order valence-electron chi connectivity index (χ2n) is 5.68. The Morgan fingerprint density at radius 1 is 1.00 bits per heavy atom. The lowest BCUT2D eigenvalue weighted by atomic mass is 10.1. The van der Waals surface area contributed by atoms with E-state index >= 15 is 0 Å². The smallest absolute Gasteiger partial charge is 0.352 e. The van der Waals surface area contributed by atoms with E-state index in [4.69, 9.17) is 23.2 Å². The lowest BCUT2D eigenvalue weighted by Gasteiger charge is -2.35. The molecule has 1 aliphatic rings. The fourth-order valence-corrected chi connectivity index (χ4v) is 3.16. The van der Waals surface area contributed by atoms with Crippen molar-refractivity contribution < 1.29 is 18.0 Å². The van der Waals surface area contributed by atoms with Gasteiger partial charge in [0.25, 0.3) is 0 Å². The number of carbonyl (C=O) groups is 1. The van der Waals surface area contributed by atoms with Gasteiger partial charge in [-0.3, -0.25) is 4.79 Å². The van der Waals surface area contributed by atoms with E-state index in [2.05, 4.69) is 10.2 Å². The molecule has 1 aromatic carbocycles. The van der Waals surface area contributed by atoms with Gasteiger partial charge in [-0.25, -0.2) is 0 Å². The number of amides is 1. The topological polar surface area (TPSA) is 49.3 Å². The van der Waals surface area contributed by atoms with Crippen molar-refractivity contribution in [2.45, 2.75) is 6.18 Å². The van der Waals surface area contributed by atoms with E-state index in [-0.39, 0.29) is 26.2 Å². The second-order valence-corrected chi connectivity index (χ2v) is 6.52. The molecule has 1 fully saturated rings. The van der Waals surface area contributed by atoms with Crippen molar-refractivity contribution in [3.63, 3.8) is 0 Å². The number of hydrogen-bond donors (Lipinski definition) is 0. The Morgan fingerprint density at radius 3 is 2.23 bits per heavy atom. The fraction of sp³-hybridized carbons (Fsp3) is 0.312. The Morgan fingerprint density at radius 2 is 1.69 bits per heavy atom. The third-order valence-corrected chi connectivity index (χ3v) is 4.54. The highest BCUT2D eigenvalue weighted by molar-refractivity contribution is 6.36. The summed E-state index contributed by atoms with van der Waals surface area (Å²) in [4.78, 5) is 13.8. The maximum atomic E-state index is 12.5. The molecule has 0 radical (unpaired) electrons. The van der Waals surface area contributed by atoms with Gasteiger partial charge in [-0.2, -0.15) is 13.2 Å². The number of piperazine rings is 1. The number of halogens is 5. The van der Waals surface area contributed by atoms with Crippen molar-refractivity contribution in [2.24, 2.45) is 0 Å². The fourth-order valence-electron chi connectivity index (χ4n) is 2.65. The van der Waals surface area contributed by atoms with E-state index in [1.54, 1.807) is 35.2 Å². The molecular weight excluding hydrogens is 392 g/mol. The van der Waals surface area contributed by atoms with Crippen molar-refractivity contribution in [3.05, 3.63) is 40.4 Å². The number of rotatable bonds is 2. The molecule has 0 unspecified atom stereocenters. The zero-order valence-electron chi connectivity index (χ0n) is 13.3. The van der Waals surface area contributed by atoms with Gasteiger partial charge in [0.2, 0.25) is 0 Å². The predicted octanol–water partition coefficient (Wildman–Crippen LogP) is 3.66. The van der Waals surface area contributed by atoms with Crippen molar-refractivity contribution in [1.82, 2.24) is 15.1 Å². The van der Waals surface area contributed by atoms with Crippen LogP contribution in [0.1, 0.15) is 0 Å². The summed E-state index contributed by atoms with van der Waals surface area (Å²) in [6.07, 6.45) is -4.85. The largest absolute Gasteiger partial charge is 0.471 e. The maximum absolute atomic E-state index is 12.5. The molecule has 138 valence electrons. The van der Waals surface area contributed by atoms with Crippen LogP contribution in [-0.4, -0.2) is 53.4 Å². The minimum absolute atomic E-state index is 0.0230. The zero-order valence-corrected chi connectivity index (χ0v) is 14.8. The SMILES string of the molecule is O=C(N1CCN(c2ccc(-c3ccc(Cl)cc3Cl)nn2)CC1)C(F)(F)F. The Labute approximate surface area is 157 Å². The Hall–Kier alpha value is -2.06. The van der Waals surface area contributed by atoms with Gasteiger partial charge in [0.15, 0.2) is 5.82 Å². The number of nitrogens with zero attached hydrogens (tertiary/aromatic N) is 4. The molecule has 0 saturated carbocycles. The summed E-state index contributed by atoms with van der Waals surface area (Å²) in [7, 11) is 0. The molecule has 10 heteroatoms. The molecular formula is C16H13Cl2F3N4O. The monoisotopic (exact) mass is 404 g/mol. The Balaban J connectivity index is 1.68. The summed E-state index contributed by atoms with van der Waals surface area (Å²) in [5.74, 6) is -1.28. The van der Waals surface area contributed by atoms with Gasteiger partial charge in [-0.15, -0.1) is 10.2 Å². The van der Waals surface area contributed by atoms with E-state index in [9.17, 15) is 18.0 Å². The molecule has 0 aliphatic carbocycles. The normalized spacial score (nSPS) is 15.3. The van der Waals surface area contributed by atoms with E-state index < -0.39 is 12.1 Å². The number of benzene rings is 1. The molecule has 1 amide bonds. The van der Waals surface area contributed by atoms with Gasteiger partial charge < -0.3 is 9.80 Å². The van der Waals surface area contributed by atoms with Gasteiger partial charge in [0.05, 0.1) is 10.7 Å². The minimum atomic E-state index is -4.85. The first kappa shape index (κ1) is 18.7. The summed E-state index contributed by atoms with van der Waals surface area (Å²) in [5.41, 5.74) is 1.23. The highest BCUT2D eigenvalue weighted by atomic mass is 35.5. The first-order valence-corrected chi connectivity index (χ1v) is 8.41. The number of alkyl halides is 3. The van der Waals surface area contributed by atoms with Crippen LogP contribution in [0.3, 0.4) is 0 Å². The summed E-state index contributed by atoms with van der Waals surface area (Å²) >= 11 is 12.0. The molecule has 0 N–H and O–H groups in total. The second kappa shape index (κ2) is 7.28. The van der Waals surface area contributed by atoms with Crippen LogP contribution < -0.4 is 4.90 Å². The molecule has 2 aromatic rings. The standard InChI is InChI=1S/C16H13Cl2F3N4O/c17-10-1-2-11(12(18)9-10)13-3-4-14(23-22-13)24-5-7-25(8-6-24)15(26)16(19,20)21/h1-4,9H,5-8H2. The van der Waals surface area contributed by atoms with Crippen LogP contribution in [0.4, 0.5) is 19.0 Å². The molecule has 5 nitrogen and oxygen atoms in total. The van der Waals surface area contributed by atoms with Gasteiger partial charge in [0.1, 0.15) is 0 Å². The van der Waals surface area contributed by atoms with Crippen LogP contribution in [0.5, 0.6) is 0 Å². The third-order valence-electron chi connectivity index (χ3n) is 3.99. The van der Waals surface area contributed by atoms with Crippen LogP contribution in [-0.2, 0) is 4.79 Å². The Bertz CT molecular complexity index is 806. The van der Waals surface area contributed by atoms with Crippen LogP contribution >= 0.6 is 23.2 Å². The van der Waals surface area contributed by atoms with E-state index in [0.29, 0.717) is 27.1 Å². The minimum Gasteiger partial charge on any atom is -0.352 e. The summed E-state index contributed by atoms with van der Waals surface area (Å²) in [6.45, 7) is 0.449. The summed E-state index contributed by atoms with van der Waals surface area (Å²) in [6, 6.07) is 8.47. The van der Waals surface area contributed by atoms with E-state index in [0.717, 1.165) is 4.90 Å². The number of hydrogen-bond acceptors (Lipinski definition) is 4. The van der Waals surface area contributed by atoms with Crippen LogP contribution in [0.2, 0.25) is 10.0 Å². The van der Waals surface area contributed by atoms with Gasteiger partial charge in [-0.05, 0) is 30.3 Å². The number of anilines is 1. The third kappa shape index (κ3) is 4.02. The lowest BCUT2D eigenvalue weighted by molar-refractivity contribution is -0.185. The predicted molar refractivity (Wildman–Crippen MR) is 92.3 cm³/mol. The molecule has 26 heavy (non-hydrogen) atoms. The van der Waals surface area contributed by atoms with Gasteiger partial charge >= 0.3 is 12.1 Å². The van der Waals surface area contributed by atoms with Crippen LogP contribution in [0.15, 0.2) is 30.3 Å². The molecule has 1 saturated heterocycles. The average molecular weight is 405 g/mol. The molecule has 3 rings (SSSR count). The molecule has 1 aromatic heterocycles. The summed E-state index contributed by atoms with van der Waals surface area (Å²) in [5, 5.41) is 9.20. The van der Waals surface area contributed by atoms with Crippen molar-refractivity contribution in [2.75, 3.05) is 31.1 Å². The lowest BCUT2D eigenvalue weighted by Crippen LogP contribution is -2.52. The highest BCUT2D eigenvalue weighted by Crippen LogP contribution is 2.29. The quantitative estimate of drug-likeness (QED) is 0.766. The van der Waals surface area contributed by atoms with Crippen LogP contribution in [0, 0.1) is 0 Å². The maximum Gasteiger partial charge on any atom is 0.471 e. The Kier molecular flexibility index (Phi) is 5.24. The van der Waals surface area contributed by atoms with Gasteiger partial charge in [-0.1, -0.05) is 23.2 Å². The molecule has 0 atom stereocenters. The van der Waals surface area contributed by atoms with Crippen molar-refractivity contribution in [3.8, 4) is 11.3 Å². The van der Waals surface area contributed by atoms with Crippen molar-refractivity contribution >= 4 is 34.9 Å². The molecule has 0 bridgehead atoms. The number of carbonyl (C=O) groups excluding carboxylic acids is 1. The van der Waals surface area contributed by atoms with E-state index in [1.165, 1.54) is 0 Å².